The Morgan fingerprint density at radius 2 is 2.60 bits per heavy atom. The highest BCUT2D eigenvalue weighted by atomic mass is 16.5. The number of aryl methyl sites for hydroxylation is 1. The van der Waals surface area contributed by atoms with Crippen LogP contribution in [0.3, 0.4) is 0 Å². The zero-order chi connectivity index (χ0) is 10.5. The molecule has 0 spiro atoms. The molecular weight excluding hydrogens is 190 g/mol. The van der Waals surface area contributed by atoms with Crippen molar-refractivity contribution in [3.05, 3.63) is 29.8 Å². The van der Waals surface area contributed by atoms with Crippen LogP contribution in [0.15, 0.2) is 18.5 Å². The first-order valence-electron chi connectivity index (χ1n) is 5.36. The van der Waals surface area contributed by atoms with Crippen LogP contribution in [-0.2, 0) is 11.3 Å². The van der Waals surface area contributed by atoms with Crippen molar-refractivity contribution < 1.29 is 4.74 Å². The highest BCUT2D eigenvalue weighted by Crippen LogP contribution is 2.09. The van der Waals surface area contributed by atoms with E-state index in [9.17, 15) is 0 Å². The standard InChI is InChI=1S/C11H17N3O/c1-9-10(7-13-14-9)6-12-8-11-4-2-3-5-15-11/h3,5,7,11-12H,2,4,6,8H2,1H3,(H,13,14). The molecule has 1 unspecified atom stereocenters. The molecule has 0 saturated carbocycles. The second kappa shape index (κ2) is 4.98. The van der Waals surface area contributed by atoms with Crippen LogP contribution in [0.25, 0.3) is 0 Å². The lowest BCUT2D eigenvalue weighted by Crippen LogP contribution is -2.28. The summed E-state index contributed by atoms with van der Waals surface area (Å²) in [6, 6.07) is 0. The number of rotatable bonds is 4. The number of aromatic amines is 1. The van der Waals surface area contributed by atoms with Gasteiger partial charge in [-0.15, -0.1) is 0 Å². The molecule has 1 atom stereocenters. The highest BCUT2D eigenvalue weighted by molar-refractivity contribution is 5.13. The van der Waals surface area contributed by atoms with Gasteiger partial charge in [-0.3, -0.25) is 5.10 Å². The number of nitrogens with one attached hydrogen (secondary N) is 2. The molecule has 0 saturated heterocycles. The van der Waals surface area contributed by atoms with Crippen LogP contribution >= 0.6 is 0 Å². The maximum absolute atomic E-state index is 5.46. The van der Waals surface area contributed by atoms with E-state index in [1.54, 1.807) is 6.26 Å². The van der Waals surface area contributed by atoms with Crippen molar-refractivity contribution in [1.82, 2.24) is 15.5 Å². The number of H-pyrrole nitrogens is 1. The molecule has 0 aromatic carbocycles. The zero-order valence-corrected chi connectivity index (χ0v) is 8.99. The Morgan fingerprint density at radius 3 is 3.27 bits per heavy atom. The quantitative estimate of drug-likeness (QED) is 0.786. The highest BCUT2D eigenvalue weighted by Gasteiger charge is 2.10. The molecule has 0 aliphatic carbocycles. The molecule has 0 radical (unpaired) electrons. The Bertz CT molecular complexity index is 332. The summed E-state index contributed by atoms with van der Waals surface area (Å²) in [5.74, 6) is 0. The predicted octanol–water partition coefficient (Wildman–Crippen LogP) is 1.50. The molecule has 2 rings (SSSR count). The molecule has 82 valence electrons. The summed E-state index contributed by atoms with van der Waals surface area (Å²) in [7, 11) is 0. The van der Waals surface area contributed by atoms with Crippen molar-refractivity contribution in [2.75, 3.05) is 6.54 Å². The molecule has 0 bridgehead atoms. The van der Waals surface area contributed by atoms with Crippen molar-refractivity contribution >= 4 is 0 Å². The molecule has 0 amide bonds. The first-order chi connectivity index (χ1) is 7.36. The van der Waals surface area contributed by atoms with Gasteiger partial charge in [-0.25, -0.2) is 0 Å². The van der Waals surface area contributed by atoms with Gasteiger partial charge in [0.1, 0.15) is 6.10 Å². The van der Waals surface area contributed by atoms with Crippen molar-refractivity contribution in [2.24, 2.45) is 0 Å². The van der Waals surface area contributed by atoms with E-state index in [-0.39, 0.29) is 0 Å². The van der Waals surface area contributed by atoms with E-state index < -0.39 is 0 Å². The maximum atomic E-state index is 5.46. The van der Waals surface area contributed by atoms with Crippen LogP contribution < -0.4 is 5.32 Å². The maximum Gasteiger partial charge on any atom is 0.110 e. The molecule has 1 aliphatic heterocycles. The fraction of sp³-hybridized carbons (Fsp3) is 0.545. The molecule has 1 aromatic rings. The van der Waals surface area contributed by atoms with Crippen molar-refractivity contribution in [2.45, 2.75) is 32.4 Å². The topological polar surface area (TPSA) is 49.9 Å². The van der Waals surface area contributed by atoms with E-state index in [2.05, 4.69) is 21.6 Å². The predicted molar refractivity (Wildman–Crippen MR) is 58.3 cm³/mol. The number of ether oxygens (including phenoxy) is 1. The lowest BCUT2D eigenvalue weighted by molar-refractivity contribution is 0.122. The number of allylic oxidation sites excluding steroid dienone is 1. The van der Waals surface area contributed by atoms with Crippen LogP contribution in [0, 0.1) is 6.92 Å². The average molecular weight is 207 g/mol. The van der Waals surface area contributed by atoms with Crippen molar-refractivity contribution in [3.8, 4) is 0 Å². The Labute approximate surface area is 89.7 Å². The summed E-state index contributed by atoms with van der Waals surface area (Å²) >= 11 is 0. The molecular formula is C11H17N3O. The smallest absolute Gasteiger partial charge is 0.110 e. The molecule has 15 heavy (non-hydrogen) atoms. The monoisotopic (exact) mass is 207 g/mol. The third-order valence-corrected chi connectivity index (χ3v) is 2.64. The summed E-state index contributed by atoms with van der Waals surface area (Å²) < 4.78 is 5.46. The van der Waals surface area contributed by atoms with E-state index in [0.29, 0.717) is 6.10 Å². The van der Waals surface area contributed by atoms with Gasteiger partial charge in [-0.1, -0.05) is 0 Å². The van der Waals surface area contributed by atoms with Crippen LogP contribution in [0.1, 0.15) is 24.1 Å². The van der Waals surface area contributed by atoms with Crippen LogP contribution in [0.5, 0.6) is 0 Å². The Hall–Kier alpha value is -1.29. The van der Waals surface area contributed by atoms with Gasteiger partial charge < -0.3 is 10.1 Å². The minimum absolute atomic E-state index is 0.321. The molecule has 1 aliphatic rings. The lowest BCUT2D eigenvalue weighted by atomic mass is 10.1. The third kappa shape index (κ3) is 2.83. The van der Waals surface area contributed by atoms with Gasteiger partial charge >= 0.3 is 0 Å². The van der Waals surface area contributed by atoms with Crippen LogP contribution in [0.2, 0.25) is 0 Å². The Kier molecular flexibility index (Phi) is 3.40. The first-order valence-corrected chi connectivity index (χ1v) is 5.36. The van der Waals surface area contributed by atoms with E-state index in [1.807, 2.05) is 13.1 Å². The van der Waals surface area contributed by atoms with E-state index in [1.165, 1.54) is 5.56 Å². The molecule has 2 heterocycles. The van der Waals surface area contributed by atoms with Crippen molar-refractivity contribution in [3.63, 3.8) is 0 Å². The SMILES string of the molecule is Cc1[nH]ncc1CNCC1CCC=CO1. The first kappa shape index (κ1) is 10.2. The van der Waals surface area contributed by atoms with Gasteiger partial charge in [0.15, 0.2) is 0 Å². The van der Waals surface area contributed by atoms with E-state index in [4.69, 9.17) is 4.74 Å². The van der Waals surface area contributed by atoms with Gasteiger partial charge in [-0.2, -0.15) is 5.10 Å². The second-order valence-electron chi connectivity index (χ2n) is 3.86. The largest absolute Gasteiger partial charge is 0.497 e. The Balaban J connectivity index is 1.71. The number of nitrogens with zero attached hydrogens (tertiary/aromatic N) is 1. The normalized spacial score (nSPS) is 20.2. The molecule has 4 nitrogen and oxygen atoms in total. The number of aromatic nitrogens is 2. The Morgan fingerprint density at radius 1 is 1.67 bits per heavy atom. The summed E-state index contributed by atoms with van der Waals surface area (Å²) in [5.41, 5.74) is 2.35. The summed E-state index contributed by atoms with van der Waals surface area (Å²) in [5, 5.41) is 10.3. The van der Waals surface area contributed by atoms with Gasteiger partial charge in [0.05, 0.1) is 12.5 Å². The zero-order valence-electron chi connectivity index (χ0n) is 8.99. The fourth-order valence-corrected chi connectivity index (χ4v) is 1.66. The summed E-state index contributed by atoms with van der Waals surface area (Å²) in [6.45, 7) is 3.78. The van der Waals surface area contributed by atoms with Gasteiger partial charge in [0.25, 0.3) is 0 Å². The minimum atomic E-state index is 0.321. The third-order valence-electron chi connectivity index (χ3n) is 2.64. The average Bonchev–Trinajstić information content (AvgIpc) is 2.66. The molecule has 1 aromatic heterocycles. The number of hydrogen-bond donors (Lipinski definition) is 2. The van der Waals surface area contributed by atoms with Gasteiger partial charge in [0.2, 0.25) is 0 Å². The van der Waals surface area contributed by atoms with Crippen LogP contribution in [0.4, 0.5) is 0 Å². The second-order valence-corrected chi connectivity index (χ2v) is 3.86. The molecule has 4 heteroatoms. The van der Waals surface area contributed by atoms with E-state index >= 15 is 0 Å². The summed E-state index contributed by atoms with van der Waals surface area (Å²) in [4.78, 5) is 0. The molecule has 2 N–H and O–H groups in total. The fourth-order valence-electron chi connectivity index (χ4n) is 1.66. The van der Waals surface area contributed by atoms with Gasteiger partial charge in [0, 0.05) is 24.3 Å². The number of hydrogen-bond acceptors (Lipinski definition) is 3. The minimum Gasteiger partial charge on any atom is -0.497 e. The lowest BCUT2D eigenvalue weighted by Gasteiger charge is -2.19. The van der Waals surface area contributed by atoms with Gasteiger partial charge in [-0.05, 0) is 25.8 Å². The van der Waals surface area contributed by atoms with Crippen molar-refractivity contribution in [1.29, 1.82) is 0 Å². The van der Waals surface area contributed by atoms with E-state index in [0.717, 1.165) is 31.6 Å². The molecule has 0 fully saturated rings. The summed E-state index contributed by atoms with van der Waals surface area (Å²) in [6.07, 6.45) is 8.28. The van der Waals surface area contributed by atoms with Crippen LogP contribution in [-0.4, -0.2) is 22.8 Å².